The fraction of sp³-hybridized carbons (Fsp3) is 0.391. The normalized spacial score (nSPS) is 21.6. The van der Waals surface area contributed by atoms with Crippen molar-refractivity contribution in [1.29, 1.82) is 0 Å². The van der Waals surface area contributed by atoms with Crippen molar-refractivity contribution in [3.05, 3.63) is 67.5 Å². The first-order chi connectivity index (χ1) is 15.5. The Balaban J connectivity index is 1.97. The van der Waals surface area contributed by atoms with Crippen LogP contribution in [0.3, 0.4) is 0 Å². The molecule has 0 saturated carbocycles. The fourth-order valence-electron chi connectivity index (χ4n) is 4.62. The van der Waals surface area contributed by atoms with Crippen LogP contribution in [0.25, 0.3) is 0 Å². The number of esters is 1. The van der Waals surface area contributed by atoms with Crippen LogP contribution in [-0.4, -0.2) is 41.0 Å². The molecule has 3 heterocycles. The molecule has 2 unspecified atom stereocenters. The van der Waals surface area contributed by atoms with Crippen LogP contribution < -0.4 is 10.5 Å². The van der Waals surface area contributed by atoms with Gasteiger partial charge in [-0.05, 0) is 61.9 Å². The summed E-state index contributed by atoms with van der Waals surface area (Å²) < 4.78 is 10.9. The molecule has 2 N–H and O–H groups in total. The molecule has 0 bridgehead atoms. The summed E-state index contributed by atoms with van der Waals surface area (Å²) in [5, 5.41) is 13.6. The number of nitrogens with zero attached hydrogens (tertiary/aromatic N) is 2. The topological polar surface area (TPSA) is 125 Å². The predicted octanol–water partition coefficient (Wildman–Crippen LogP) is 3.23. The largest absolute Gasteiger partial charge is 0.490 e. The quantitative estimate of drug-likeness (QED) is 0.403. The average Bonchev–Trinajstić information content (AvgIpc) is 3.38. The van der Waals surface area contributed by atoms with E-state index in [0.29, 0.717) is 23.4 Å². The van der Waals surface area contributed by atoms with Gasteiger partial charge < -0.3 is 20.1 Å². The van der Waals surface area contributed by atoms with Gasteiger partial charge in [0.15, 0.2) is 5.75 Å². The summed E-state index contributed by atoms with van der Waals surface area (Å²) in [7, 11) is 1.38. The van der Waals surface area contributed by atoms with Crippen molar-refractivity contribution in [2.45, 2.75) is 44.2 Å². The summed E-state index contributed by atoms with van der Waals surface area (Å²) in [4.78, 5) is 40.0. The van der Waals surface area contributed by atoms with Crippen molar-refractivity contribution >= 4 is 28.9 Å². The van der Waals surface area contributed by atoms with E-state index in [1.54, 1.807) is 49.9 Å². The molecule has 2 aliphatic rings. The number of nitro benzene ring substituents is 1. The lowest BCUT2D eigenvalue weighted by Gasteiger charge is -2.41. The predicted molar refractivity (Wildman–Crippen MR) is 122 cm³/mol. The first-order valence-electron chi connectivity index (χ1n) is 10.4. The maximum atomic E-state index is 13.2. The number of methoxy groups -OCH3 is 1. The van der Waals surface area contributed by atoms with E-state index < -0.39 is 33.9 Å². The molecule has 1 aromatic heterocycles. The van der Waals surface area contributed by atoms with Gasteiger partial charge >= 0.3 is 11.7 Å². The number of ether oxygens (including phenoxy) is 2. The summed E-state index contributed by atoms with van der Waals surface area (Å²) in [6, 6.07) is 5.92. The smallest absolute Gasteiger partial charge is 0.354 e. The van der Waals surface area contributed by atoms with Crippen molar-refractivity contribution < 1.29 is 24.0 Å². The Morgan fingerprint density at radius 2 is 2.06 bits per heavy atom. The first-order valence-corrected chi connectivity index (χ1v) is 11.3. The lowest BCUT2D eigenvalue weighted by Crippen LogP contribution is -2.48. The molecule has 174 valence electrons. The van der Waals surface area contributed by atoms with Crippen LogP contribution in [0.2, 0.25) is 0 Å². The van der Waals surface area contributed by atoms with Crippen molar-refractivity contribution in [3.63, 3.8) is 0 Å². The minimum atomic E-state index is -1.39. The molecular weight excluding hydrogens is 446 g/mol. The summed E-state index contributed by atoms with van der Waals surface area (Å²) in [6.07, 6.45) is 2.07. The number of nitrogens with two attached hydrogens (primary N) is 1. The maximum Gasteiger partial charge on any atom is 0.354 e. The van der Waals surface area contributed by atoms with Crippen LogP contribution in [-0.2, 0) is 26.2 Å². The molecular formula is C23H25N3O6S. The van der Waals surface area contributed by atoms with Gasteiger partial charge in [0.1, 0.15) is 16.7 Å². The van der Waals surface area contributed by atoms with E-state index in [-0.39, 0.29) is 17.1 Å². The SMILES string of the molecule is COc1cc2c(cc1[N+](=O)[O-])C1N(CC2)C(C(=O)OC(C)(C)C)=CC1(C(N)=O)c1cccs1. The minimum absolute atomic E-state index is 0.145. The summed E-state index contributed by atoms with van der Waals surface area (Å²) in [6.45, 7) is 5.70. The molecule has 4 rings (SSSR count). The molecule has 2 atom stereocenters. The lowest BCUT2D eigenvalue weighted by molar-refractivity contribution is -0.385. The van der Waals surface area contributed by atoms with Gasteiger partial charge in [-0.25, -0.2) is 4.79 Å². The highest BCUT2D eigenvalue weighted by atomic mass is 32.1. The number of fused-ring (bicyclic) bond motifs is 3. The second-order valence-electron chi connectivity index (χ2n) is 9.07. The van der Waals surface area contributed by atoms with Gasteiger partial charge in [-0.3, -0.25) is 14.9 Å². The van der Waals surface area contributed by atoms with Crippen LogP contribution in [0, 0.1) is 10.1 Å². The number of rotatable bonds is 5. The molecule has 33 heavy (non-hydrogen) atoms. The second kappa shape index (κ2) is 7.87. The van der Waals surface area contributed by atoms with E-state index in [1.807, 2.05) is 5.38 Å². The van der Waals surface area contributed by atoms with E-state index in [9.17, 15) is 19.7 Å². The zero-order valence-electron chi connectivity index (χ0n) is 18.8. The third kappa shape index (κ3) is 3.64. The number of amides is 1. The molecule has 2 aromatic rings. The Labute approximate surface area is 194 Å². The second-order valence-corrected chi connectivity index (χ2v) is 10.0. The third-order valence-electron chi connectivity index (χ3n) is 5.92. The number of carbonyl (C=O) groups is 2. The highest BCUT2D eigenvalue weighted by Crippen LogP contribution is 2.54. The Bertz CT molecular complexity index is 1170. The highest BCUT2D eigenvalue weighted by molar-refractivity contribution is 7.10. The van der Waals surface area contributed by atoms with Crippen LogP contribution in [0.1, 0.15) is 42.8 Å². The third-order valence-corrected chi connectivity index (χ3v) is 6.94. The van der Waals surface area contributed by atoms with Crippen molar-refractivity contribution in [2.24, 2.45) is 5.73 Å². The fourth-order valence-corrected chi connectivity index (χ4v) is 5.55. The van der Waals surface area contributed by atoms with Gasteiger partial charge in [0.2, 0.25) is 5.91 Å². The Kier molecular flexibility index (Phi) is 5.44. The molecule has 2 aliphatic heterocycles. The van der Waals surface area contributed by atoms with E-state index in [4.69, 9.17) is 15.2 Å². The molecule has 0 spiro atoms. The van der Waals surface area contributed by atoms with Gasteiger partial charge in [0.05, 0.1) is 18.1 Å². The number of nitro groups is 1. The monoisotopic (exact) mass is 471 g/mol. The van der Waals surface area contributed by atoms with E-state index >= 15 is 0 Å². The van der Waals surface area contributed by atoms with Crippen LogP contribution in [0.5, 0.6) is 5.75 Å². The van der Waals surface area contributed by atoms with Crippen molar-refractivity contribution in [1.82, 2.24) is 4.90 Å². The van der Waals surface area contributed by atoms with Crippen molar-refractivity contribution in [2.75, 3.05) is 13.7 Å². The van der Waals surface area contributed by atoms with Crippen LogP contribution in [0.4, 0.5) is 5.69 Å². The summed E-state index contributed by atoms with van der Waals surface area (Å²) >= 11 is 1.34. The molecule has 0 saturated heterocycles. The number of carbonyl (C=O) groups excluding carboxylic acids is 2. The molecule has 10 heteroatoms. The minimum Gasteiger partial charge on any atom is -0.490 e. The van der Waals surface area contributed by atoms with Crippen molar-refractivity contribution in [3.8, 4) is 5.75 Å². The number of hydrogen-bond donors (Lipinski definition) is 1. The van der Waals surface area contributed by atoms with E-state index in [1.165, 1.54) is 24.5 Å². The molecule has 0 radical (unpaired) electrons. The zero-order valence-corrected chi connectivity index (χ0v) is 19.6. The van der Waals surface area contributed by atoms with Crippen LogP contribution >= 0.6 is 11.3 Å². The van der Waals surface area contributed by atoms with Gasteiger partial charge in [-0.1, -0.05) is 6.07 Å². The Hall–Kier alpha value is -3.40. The highest BCUT2D eigenvalue weighted by Gasteiger charge is 2.57. The zero-order chi connectivity index (χ0) is 24.1. The van der Waals surface area contributed by atoms with Gasteiger partial charge in [0, 0.05) is 17.5 Å². The number of primary amides is 1. The average molecular weight is 472 g/mol. The lowest BCUT2D eigenvalue weighted by atomic mass is 9.73. The first kappa shape index (κ1) is 22.8. The molecule has 1 aromatic carbocycles. The van der Waals surface area contributed by atoms with E-state index in [2.05, 4.69) is 0 Å². The standard InChI is InChI=1S/C23H25N3O6S/c1-22(2,3)32-20(27)16-12-23(21(24)28,18-6-5-9-33-18)19-14-11-15(26(29)30)17(31-4)10-13(14)7-8-25(16)19/h5-6,9-12,19H,7-8H2,1-4H3,(H2,24,28). The summed E-state index contributed by atoms with van der Waals surface area (Å²) in [5.74, 6) is -1.07. The van der Waals surface area contributed by atoms with Gasteiger partial charge in [-0.15, -0.1) is 11.3 Å². The molecule has 9 nitrogen and oxygen atoms in total. The molecule has 0 fully saturated rings. The van der Waals surface area contributed by atoms with E-state index in [0.717, 1.165) is 5.56 Å². The Morgan fingerprint density at radius 1 is 1.33 bits per heavy atom. The molecule has 1 amide bonds. The number of hydrogen-bond acceptors (Lipinski definition) is 8. The maximum absolute atomic E-state index is 13.2. The van der Waals surface area contributed by atoms with Gasteiger partial charge in [-0.2, -0.15) is 0 Å². The van der Waals surface area contributed by atoms with Crippen LogP contribution in [0.15, 0.2) is 41.4 Å². The number of thiophene rings is 1. The number of benzene rings is 1. The molecule has 0 aliphatic carbocycles. The summed E-state index contributed by atoms with van der Waals surface area (Å²) in [5.41, 5.74) is 5.27. The Morgan fingerprint density at radius 3 is 2.61 bits per heavy atom. The van der Waals surface area contributed by atoms with Gasteiger partial charge in [0.25, 0.3) is 0 Å².